The van der Waals surface area contributed by atoms with Gasteiger partial charge in [-0.15, -0.1) is 0 Å². The number of hydrogen-bond acceptors (Lipinski definition) is 9. The lowest BCUT2D eigenvalue weighted by Gasteiger charge is -2.36. The van der Waals surface area contributed by atoms with E-state index in [9.17, 15) is 19.2 Å². The number of amides is 1. The fourth-order valence-electron chi connectivity index (χ4n) is 4.87. The average Bonchev–Trinajstić information content (AvgIpc) is 3.56. The number of carbonyl (C=O) groups is 2. The Hall–Kier alpha value is -4.63. The van der Waals surface area contributed by atoms with Crippen molar-refractivity contribution in [3.8, 4) is 17.3 Å². The van der Waals surface area contributed by atoms with E-state index in [4.69, 9.17) is 18.9 Å². The highest BCUT2D eigenvalue weighted by Crippen LogP contribution is 2.40. The molecule has 0 bridgehead atoms. The van der Waals surface area contributed by atoms with Crippen molar-refractivity contribution in [2.45, 2.75) is 45.3 Å². The number of carbonyl (C=O) groups excluding carboxylic acids is 2. The Morgan fingerprint density at radius 2 is 2.12 bits per heavy atom. The summed E-state index contributed by atoms with van der Waals surface area (Å²) in [5.74, 6) is -1.57. The molecule has 0 spiro atoms. The Balaban J connectivity index is 1.78. The molecule has 5 rings (SSSR count). The number of ether oxygens (including phenoxy) is 2. The predicted molar refractivity (Wildman–Crippen MR) is 141 cm³/mol. The van der Waals surface area contributed by atoms with Gasteiger partial charge < -0.3 is 13.9 Å². The van der Waals surface area contributed by atoms with Gasteiger partial charge in [-0.2, -0.15) is 14.8 Å². The summed E-state index contributed by atoms with van der Waals surface area (Å²) in [6, 6.07) is 5.56. The van der Waals surface area contributed by atoms with Crippen LogP contribution < -0.4 is 4.90 Å². The van der Waals surface area contributed by atoms with Crippen molar-refractivity contribution in [2.75, 3.05) is 18.1 Å². The second kappa shape index (κ2) is 11.2. The highest BCUT2D eigenvalue weighted by molar-refractivity contribution is 6.16. The van der Waals surface area contributed by atoms with Crippen LogP contribution in [0.5, 0.6) is 0 Å². The Morgan fingerprint density at radius 3 is 2.77 bits per heavy atom. The molecule has 2 unspecified atom stereocenters. The van der Waals surface area contributed by atoms with Gasteiger partial charge in [0.2, 0.25) is 17.5 Å². The Bertz CT molecular complexity index is 1610. The minimum Gasteiger partial charge on any atom is -0.449 e. The van der Waals surface area contributed by atoms with Crippen molar-refractivity contribution >= 4 is 28.7 Å². The van der Waals surface area contributed by atoms with Crippen molar-refractivity contribution < 1.29 is 27.9 Å². The number of pyridine rings is 2. The van der Waals surface area contributed by atoms with Crippen LogP contribution in [0, 0.1) is 17.3 Å². The van der Waals surface area contributed by atoms with E-state index in [0.717, 1.165) is 18.7 Å². The number of aromatic nitrogens is 4. The highest BCUT2D eigenvalue weighted by Gasteiger charge is 2.38. The molecule has 0 aromatic carbocycles. The normalized spacial score (nSPS) is 17.0. The molecule has 1 fully saturated rings. The minimum atomic E-state index is -0.746. The molecule has 1 aliphatic rings. The topological polar surface area (TPSA) is 136 Å². The number of furan rings is 1. The number of nitriles is 1. The average molecular weight is 547 g/mol. The summed E-state index contributed by atoms with van der Waals surface area (Å²) in [4.78, 5) is 37.1. The largest absolute Gasteiger partial charge is 0.449 e. The summed E-state index contributed by atoms with van der Waals surface area (Å²) in [7, 11) is 1.74. The molecule has 11 nitrogen and oxygen atoms in total. The third-order valence-corrected chi connectivity index (χ3v) is 6.80. The number of halogens is 1. The maximum Gasteiger partial charge on any atom is 0.414 e. The smallest absolute Gasteiger partial charge is 0.414 e. The van der Waals surface area contributed by atoms with E-state index in [1.807, 2.05) is 6.92 Å². The van der Waals surface area contributed by atoms with Crippen molar-refractivity contribution in [2.24, 2.45) is 7.05 Å². The number of rotatable bonds is 7. The van der Waals surface area contributed by atoms with E-state index in [2.05, 4.69) is 16.2 Å². The standard InChI is InChI=1S/C28H27FN6O5/c1-4-20-11-19(8-9-39-20)35(28(37)38-5-2)25-24-21(40-27(25)26(36)16-6-7-22(29)31-13-16)10-17(12-30)23(33-24)18-14-32-34(3)15-18/h6-7,10,13-15,19-20H,4-5,8-9,11H2,1-3H3. The van der Waals surface area contributed by atoms with Crippen LogP contribution in [0.2, 0.25) is 0 Å². The van der Waals surface area contributed by atoms with E-state index in [0.29, 0.717) is 30.7 Å². The third-order valence-electron chi connectivity index (χ3n) is 6.80. The van der Waals surface area contributed by atoms with Crippen molar-refractivity contribution in [3.05, 3.63) is 59.6 Å². The van der Waals surface area contributed by atoms with Gasteiger partial charge in [-0.1, -0.05) is 6.92 Å². The van der Waals surface area contributed by atoms with Gasteiger partial charge >= 0.3 is 6.09 Å². The van der Waals surface area contributed by atoms with Gasteiger partial charge in [-0.25, -0.2) is 14.8 Å². The van der Waals surface area contributed by atoms with Gasteiger partial charge in [0.25, 0.3) is 0 Å². The van der Waals surface area contributed by atoms with Gasteiger partial charge in [-0.3, -0.25) is 14.4 Å². The van der Waals surface area contributed by atoms with Gasteiger partial charge in [-0.05, 0) is 38.3 Å². The molecule has 1 amide bonds. The number of nitrogens with zero attached hydrogens (tertiary/aromatic N) is 6. The van der Waals surface area contributed by atoms with Crippen molar-refractivity contribution in [1.29, 1.82) is 5.26 Å². The van der Waals surface area contributed by atoms with Gasteiger partial charge in [0.15, 0.2) is 5.58 Å². The number of hydrogen-bond donors (Lipinski definition) is 0. The van der Waals surface area contributed by atoms with Crippen LogP contribution in [-0.2, 0) is 16.5 Å². The summed E-state index contributed by atoms with van der Waals surface area (Å²) in [5.41, 5.74) is 1.58. The number of fused-ring (bicyclic) bond motifs is 1. The number of ketones is 1. The molecule has 12 heteroatoms. The molecule has 0 aliphatic carbocycles. The molecule has 2 atom stereocenters. The molecule has 1 saturated heterocycles. The maximum absolute atomic E-state index is 13.8. The molecule has 40 heavy (non-hydrogen) atoms. The molecular weight excluding hydrogens is 519 g/mol. The molecule has 5 heterocycles. The van der Waals surface area contributed by atoms with E-state index in [-0.39, 0.29) is 46.4 Å². The molecule has 1 aliphatic heterocycles. The summed E-state index contributed by atoms with van der Waals surface area (Å²) < 4.78 is 32.5. The number of anilines is 1. The highest BCUT2D eigenvalue weighted by atomic mass is 19.1. The molecule has 0 N–H and O–H groups in total. The fourth-order valence-corrected chi connectivity index (χ4v) is 4.87. The predicted octanol–water partition coefficient (Wildman–Crippen LogP) is 4.79. The molecular formula is C28H27FN6O5. The van der Waals surface area contributed by atoms with Gasteiger partial charge in [0.05, 0.1) is 30.2 Å². The van der Waals surface area contributed by atoms with Crippen LogP contribution in [0.3, 0.4) is 0 Å². The van der Waals surface area contributed by atoms with Crippen LogP contribution in [-0.4, -0.2) is 57.0 Å². The zero-order valence-electron chi connectivity index (χ0n) is 22.3. The van der Waals surface area contributed by atoms with Crippen LogP contribution in [0.4, 0.5) is 14.9 Å². The fraction of sp³-hybridized carbons (Fsp3) is 0.357. The first-order valence-corrected chi connectivity index (χ1v) is 12.9. The van der Waals surface area contributed by atoms with E-state index in [1.54, 1.807) is 31.0 Å². The second-order valence-electron chi connectivity index (χ2n) is 9.37. The molecule has 4 aromatic rings. The molecule has 0 radical (unpaired) electrons. The summed E-state index contributed by atoms with van der Waals surface area (Å²) in [5, 5.41) is 14.1. The van der Waals surface area contributed by atoms with Crippen molar-refractivity contribution in [1.82, 2.24) is 19.7 Å². The first-order chi connectivity index (χ1) is 19.3. The second-order valence-corrected chi connectivity index (χ2v) is 9.37. The third kappa shape index (κ3) is 5.03. The summed E-state index contributed by atoms with van der Waals surface area (Å²) in [6.07, 6.45) is 5.32. The minimum absolute atomic E-state index is 0.0527. The zero-order chi connectivity index (χ0) is 28.4. The Morgan fingerprint density at radius 1 is 1.30 bits per heavy atom. The van der Waals surface area contributed by atoms with E-state index >= 15 is 0 Å². The first-order valence-electron chi connectivity index (χ1n) is 12.9. The Labute approximate surface area is 229 Å². The van der Waals surface area contributed by atoms with Gasteiger partial charge in [0, 0.05) is 49.3 Å². The SMILES string of the molecule is CCOC(=O)N(c1c(C(=O)c2ccc(F)nc2)oc2cc(C#N)c(-c3cnn(C)c3)nc12)C1CCOC(CC)C1. The summed E-state index contributed by atoms with van der Waals surface area (Å²) in [6.45, 7) is 4.20. The number of aryl methyl sites for hydroxylation is 1. The molecule has 0 saturated carbocycles. The van der Waals surface area contributed by atoms with E-state index < -0.39 is 23.9 Å². The lowest BCUT2D eigenvalue weighted by atomic mass is 9.98. The lowest BCUT2D eigenvalue weighted by Crippen LogP contribution is -2.46. The summed E-state index contributed by atoms with van der Waals surface area (Å²) >= 11 is 0. The van der Waals surface area contributed by atoms with E-state index in [1.165, 1.54) is 17.0 Å². The quantitative estimate of drug-likeness (QED) is 0.237. The van der Waals surface area contributed by atoms with Crippen molar-refractivity contribution in [3.63, 3.8) is 0 Å². The Kier molecular flexibility index (Phi) is 7.57. The van der Waals surface area contributed by atoms with Crippen LogP contribution >= 0.6 is 0 Å². The van der Waals surface area contributed by atoms with Crippen LogP contribution in [0.15, 0.2) is 41.2 Å². The first kappa shape index (κ1) is 27.0. The van der Waals surface area contributed by atoms with Crippen LogP contribution in [0.25, 0.3) is 22.4 Å². The maximum atomic E-state index is 13.8. The lowest BCUT2D eigenvalue weighted by molar-refractivity contribution is 0.00467. The van der Waals surface area contributed by atoms with Gasteiger partial charge in [0.1, 0.15) is 17.3 Å². The zero-order valence-corrected chi connectivity index (χ0v) is 22.3. The molecule has 206 valence electrons. The monoisotopic (exact) mass is 546 g/mol. The molecule has 4 aromatic heterocycles. The van der Waals surface area contributed by atoms with Crippen LogP contribution in [0.1, 0.15) is 54.8 Å².